The third-order valence-electron chi connectivity index (χ3n) is 2.49. The summed E-state index contributed by atoms with van der Waals surface area (Å²) in [5.41, 5.74) is -1.45. The first kappa shape index (κ1) is 16.3. The molecule has 0 saturated heterocycles. The van der Waals surface area contributed by atoms with Gasteiger partial charge in [-0.15, -0.1) is 0 Å². The standard InChI is InChI=1S/C12H15N3O6/c1-7(2)21-12(16)8-5-9(14(17)18)11(13(3)4)10(6-8)15(19)20/h5-7H,1-4H3. The monoisotopic (exact) mass is 297 g/mol. The van der Waals surface area contributed by atoms with Crippen molar-refractivity contribution in [3.63, 3.8) is 0 Å². The van der Waals surface area contributed by atoms with Crippen LogP contribution in [0.1, 0.15) is 24.2 Å². The molecular formula is C12H15N3O6. The lowest BCUT2D eigenvalue weighted by molar-refractivity contribution is -0.392. The Morgan fingerprint density at radius 3 is 1.86 bits per heavy atom. The number of nitro groups is 2. The normalized spacial score (nSPS) is 10.3. The SMILES string of the molecule is CC(C)OC(=O)c1cc([N+](=O)[O-])c(N(C)C)c([N+](=O)[O-])c1. The van der Waals surface area contributed by atoms with Gasteiger partial charge in [-0.2, -0.15) is 0 Å². The number of anilines is 1. The number of hydrogen-bond acceptors (Lipinski definition) is 7. The molecule has 0 atom stereocenters. The molecule has 0 saturated carbocycles. The van der Waals surface area contributed by atoms with Crippen molar-refractivity contribution in [2.45, 2.75) is 20.0 Å². The highest BCUT2D eigenvalue weighted by Gasteiger charge is 2.30. The predicted molar refractivity (Wildman–Crippen MR) is 74.6 cm³/mol. The maximum atomic E-state index is 11.8. The Morgan fingerprint density at radius 2 is 1.57 bits per heavy atom. The summed E-state index contributed by atoms with van der Waals surface area (Å²) in [6.45, 7) is 3.21. The third kappa shape index (κ3) is 3.65. The van der Waals surface area contributed by atoms with E-state index in [9.17, 15) is 25.0 Å². The van der Waals surface area contributed by atoms with Crippen LogP contribution in [0.3, 0.4) is 0 Å². The van der Waals surface area contributed by atoms with Gasteiger partial charge in [-0.05, 0) is 13.8 Å². The molecule has 0 spiro atoms. The van der Waals surface area contributed by atoms with Crippen molar-refractivity contribution in [3.05, 3.63) is 37.9 Å². The van der Waals surface area contributed by atoms with Gasteiger partial charge in [0.2, 0.25) is 0 Å². The van der Waals surface area contributed by atoms with Gasteiger partial charge in [0.1, 0.15) is 0 Å². The Kier molecular flexibility index (Phi) is 4.79. The number of rotatable bonds is 5. The lowest BCUT2D eigenvalue weighted by atomic mass is 10.1. The van der Waals surface area contributed by atoms with Crippen molar-refractivity contribution in [1.82, 2.24) is 0 Å². The van der Waals surface area contributed by atoms with E-state index in [0.717, 1.165) is 12.1 Å². The largest absolute Gasteiger partial charge is 0.459 e. The zero-order chi connectivity index (χ0) is 16.3. The molecule has 9 nitrogen and oxygen atoms in total. The Balaban J connectivity index is 3.54. The van der Waals surface area contributed by atoms with Gasteiger partial charge < -0.3 is 9.64 Å². The van der Waals surface area contributed by atoms with Crippen molar-refractivity contribution in [3.8, 4) is 0 Å². The second kappa shape index (κ2) is 6.16. The van der Waals surface area contributed by atoms with E-state index in [1.165, 1.54) is 19.0 Å². The minimum absolute atomic E-state index is 0.175. The second-order valence-corrected chi connectivity index (χ2v) is 4.73. The van der Waals surface area contributed by atoms with Gasteiger partial charge in [-0.25, -0.2) is 4.79 Å². The van der Waals surface area contributed by atoms with E-state index < -0.39 is 33.3 Å². The van der Waals surface area contributed by atoms with Gasteiger partial charge in [0.15, 0.2) is 5.69 Å². The molecule has 0 aliphatic rings. The van der Waals surface area contributed by atoms with E-state index in [-0.39, 0.29) is 11.3 Å². The molecule has 0 radical (unpaired) electrons. The molecule has 1 aromatic rings. The summed E-state index contributed by atoms with van der Waals surface area (Å²) in [6, 6.07) is 1.96. The molecule has 0 heterocycles. The van der Waals surface area contributed by atoms with Crippen molar-refractivity contribution in [2.24, 2.45) is 0 Å². The Labute approximate surface area is 120 Å². The summed E-state index contributed by atoms with van der Waals surface area (Å²) in [6.07, 6.45) is -0.441. The van der Waals surface area contributed by atoms with E-state index in [2.05, 4.69) is 0 Å². The first-order valence-corrected chi connectivity index (χ1v) is 6.00. The number of ether oxygens (including phenoxy) is 1. The summed E-state index contributed by atoms with van der Waals surface area (Å²) in [5, 5.41) is 22.2. The molecule has 0 bridgehead atoms. The van der Waals surface area contributed by atoms with E-state index in [0.29, 0.717) is 0 Å². The van der Waals surface area contributed by atoms with Gasteiger partial charge in [0, 0.05) is 26.2 Å². The van der Waals surface area contributed by atoms with E-state index in [1.807, 2.05) is 0 Å². The van der Waals surface area contributed by atoms with Crippen LogP contribution in [0.5, 0.6) is 0 Å². The predicted octanol–water partition coefficient (Wildman–Crippen LogP) is 2.13. The van der Waals surface area contributed by atoms with E-state index in [1.54, 1.807) is 13.8 Å². The van der Waals surface area contributed by atoms with Crippen LogP contribution in [0.25, 0.3) is 0 Å². The smallest absolute Gasteiger partial charge is 0.338 e. The van der Waals surface area contributed by atoms with Crippen molar-refractivity contribution >= 4 is 23.0 Å². The highest BCUT2D eigenvalue weighted by Crippen LogP contribution is 2.37. The maximum Gasteiger partial charge on any atom is 0.338 e. The van der Waals surface area contributed by atoms with Crippen LogP contribution in [-0.4, -0.2) is 36.0 Å². The van der Waals surface area contributed by atoms with E-state index >= 15 is 0 Å². The maximum absolute atomic E-state index is 11.8. The van der Waals surface area contributed by atoms with Crippen molar-refractivity contribution < 1.29 is 19.4 Å². The van der Waals surface area contributed by atoms with Crippen molar-refractivity contribution in [1.29, 1.82) is 0 Å². The summed E-state index contributed by atoms with van der Waals surface area (Å²) in [7, 11) is 2.89. The number of nitro benzene ring substituents is 2. The molecule has 21 heavy (non-hydrogen) atoms. The van der Waals surface area contributed by atoms with Crippen LogP contribution in [0.4, 0.5) is 17.1 Å². The molecule has 0 N–H and O–H groups in total. The zero-order valence-electron chi connectivity index (χ0n) is 12.0. The molecule has 1 aromatic carbocycles. The summed E-state index contributed by atoms with van der Waals surface area (Å²) < 4.78 is 4.91. The van der Waals surface area contributed by atoms with Crippen molar-refractivity contribution in [2.75, 3.05) is 19.0 Å². The lowest BCUT2D eigenvalue weighted by Crippen LogP contribution is -2.16. The van der Waals surface area contributed by atoms with Gasteiger partial charge in [-0.3, -0.25) is 20.2 Å². The average molecular weight is 297 g/mol. The first-order valence-electron chi connectivity index (χ1n) is 6.00. The Hall–Kier alpha value is -2.71. The zero-order valence-corrected chi connectivity index (χ0v) is 12.0. The molecule has 0 aliphatic heterocycles. The number of carbonyl (C=O) groups is 1. The minimum atomic E-state index is -0.846. The minimum Gasteiger partial charge on any atom is -0.459 e. The fraction of sp³-hybridized carbons (Fsp3) is 0.417. The molecule has 0 fully saturated rings. The van der Waals surface area contributed by atoms with Gasteiger partial charge in [-0.1, -0.05) is 0 Å². The fourth-order valence-corrected chi connectivity index (χ4v) is 1.74. The highest BCUT2D eigenvalue weighted by molar-refractivity contribution is 5.94. The van der Waals surface area contributed by atoms with E-state index in [4.69, 9.17) is 4.74 Å². The molecule has 0 aliphatic carbocycles. The van der Waals surface area contributed by atoms with Crippen LogP contribution < -0.4 is 4.90 Å². The topological polar surface area (TPSA) is 116 Å². The summed E-state index contributed by atoms with van der Waals surface area (Å²) >= 11 is 0. The van der Waals surface area contributed by atoms with Crippen LogP contribution >= 0.6 is 0 Å². The van der Waals surface area contributed by atoms with Gasteiger partial charge in [0.25, 0.3) is 0 Å². The van der Waals surface area contributed by atoms with Crippen LogP contribution in [-0.2, 0) is 4.74 Å². The number of esters is 1. The quantitative estimate of drug-likeness (QED) is 0.464. The molecule has 114 valence electrons. The number of carbonyl (C=O) groups excluding carboxylic acids is 1. The molecule has 1 rings (SSSR count). The third-order valence-corrected chi connectivity index (χ3v) is 2.49. The first-order chi connectivity index (χ1) is 9.65. The molecular weight excluding hydrogens is 282 g/mol. The molecule has 9 heteroatoms. The number of hydrogen-bond donors (Lipinski definition) is 0. The second-order valence-electron chi connectivity index (χ2n) is 4.73. The number of nitrogens with zero attached hydrogens (tertiary/aromatic N) is 3. The number of benzene rings is 1. The molecule has 0 aromatic heterocycles. The van der Waals surface area contributed by atoms with Crippen LogP contribution in [0, 0.1) is 20.2 Å². The van der Waals surface area contributed by atoms with Crippen LogP contribution in [0.15, 0.2) is 12.1 Å². The fourth-order valence-electron chi connectivity index (χ4n) is 1.74. The Morgan fingerprint density at radius 1 is 1.14 bits per heavy atom. The summed E-state index contributed by atoms with van der Waals surface area (Å²) in [4.78, 5) is 33.7. The average Bonchev–Trinajstić information content (AvgIpc) is 2.35. The van der Waals surface area contributed by atoms with Gasteiger partial charge >= 0.3 is 17.3 Å². The summed E-state index contributed by atoms with van der Waals surface area (Å²) in [5.74, 6) is -0.846. The highest BCUT2D eigenvalue weighted by atomic mass is 16.6. The van der Waals surface area contributed by atoms with Gasteiger partial charge in [0.05, 0.1) is 21.5 Å². The lowest BCUT2D eigenvalue weighted by Gasteiger charge is -2.14. The Bertz CT molecular complexity index is 562. The molecule has 0 amide bonds. The van der Waals surface area contributed by atoms with Crippen LogP contribution in [0.2, 0.25) is 0 Å². The molecule has 0 unspecified atom stereocenters.